The first-order valence-electron chi connectivity index (χ1n) is 9.24. The molecule has 5 heteroatoms. The molecule has 0 unspecified atom stereocenters. The van der Waals surface area contributed by atoms with Gasteiger partial charge in [0, 0.05) is 37.9 Å². The molecule has 0 radical (unpaired) electrons. The van der Waals surface area contributed by atoms with Crippen molar-refractivity contribution >= 4 is 5.69 Å². The smallest absolute Gasteiger partial charge is 0.369 e. The molecule has 138 valence electrons. The number of hydrogen-bond donors (Lipinski definition) is 0. The Labute approximate surface area is 152 Å². The van der Waals surface area contributed by atoms with E-state index in [9.17, 15) is 13.2 Å². The second-order valence-corrected chi connectivity index (χ2v) is 7.24. The molecule has 0 saturated carbocycles. The van der Waals surface area contributed by atoms with Crippen molar-refractivity contribution in [2.24, 2.45) is 0 Å². The van der Waals surface area contributed by atoms with E-state index in [0.717, 1.165) is 45.1 Å². The van der Waals surface area contributed by atoms with E-state index in [-0.39, 0.29) is 0 Å². The lowest BCUT2D eigenvalue weighted by Crippen LogP contribution is -2.51. The van der Waals surface area contributed by atoms with Crippen LogP contribution in [0.1, 0.15) is 23.1 Å². The molecule has 2 aromatic rings. The average Bonchev–Trinajstić information content (AvgIpc) is 2.67. The average molecular weight is 360 g/mol. The highest BCUT2D eigenvalue weighted by atomic mass is 19.4. The Bertz CT molecular complexity index is 764. The summed E-state index contributed by atoms with van der Waals surface area (Å²) < 4.78 is 38.8. The number of nitrogens with zero attached hydrogens (tertiary/aromatic N) is 2. The molecule has 2 nitrogen and oxygen atoms in total. The van der Waals surface area contributed by atoms with Crippen molar-refractivity contribution in [1.82, 2.24) is 4.90 Å². The molecule has 0 spiro atoms. The molecule has 1 saturated heterocycles. The van der Waals surface area contributed by atoms with Crippen LogP contribution in [0.3, 0.4) is 0 Å². The molecule has 0 bridgehead atoms. The summed E-state index contributed by atoms with van der Waals surface area (Å²) >= 11 is 0. The second-order valence-electron chi connectivity index (χ2n) is 7.24. The number of fused-ring (bicyclic) bond motifs is 1. The molecule has 26 heavy (non-hydrogen) atoms. The molecule has 4 rings (SSSR count). The molecular formula is C21H23F3N2. The Hall–Kier alpha value is -2.01. The predicted octanol–water partition coefficient (Wildman–Crippen LogP) is 4.38. The van der Waals surface area contributed by atoms with Gasteiger partial charge in [-0.15, -0.1) is 0 Å². The zero-order chi connectivity index (χ0) is 18.1. The van der Waals surface area contributed by atoms with Gasteiger partial charge >= 0.3 is 6.18 Å². The minimum absolute atomic E-state index is 0.550. The number of aryl methyl sites for hydroxylation is 1. The fourth-order valence-corrected chi connectivity index (χ4v) is 4.21. The standard InChI is InChI=1S/C21H23F3N2/c22-21(23,24)18-6-3-7-19(15-18)25-10-12-26(13-11-25)20-9-8-16-4-1-2-5-17(16)14-20/h1-7,15,20H,8-14H2/t20-/m1/s1. The molecule has 1 atom stereocenters. The van der Waals surface area contributed by atoms with Crippen molar-refractivity contribution in [1.29, 1.82) is 0 Å². The van der Waals surface area contributed by atoms with E-state index in [1.54, 1.807) is 6.07 Å². The zero-order valence-electron chi connectivity index (χ0n) is 14.7. The summed E-state index contributed by atoms with van der Waals surface area (Å²) in [6, 6.07) is 14.9. The number of halogens is 3. The monoisotopic (exact) mass is 360 g/mol. The summed E-state index contributed by atoms with van der Waals surface area (Å²) in [5.74, 6) is 0. The SMILES string of the molecule is FC(F)(F)c1cccc(N2CCN([C@@H]3CCc4ccccc4C3)CC2)c1. The van der Waals surface area contributed by atoms with Crippen molar-refractivity contribution in [3.05, 3.63) is 65.2 Å². The van der Waals surface area contributed by atoms with Gasteiger partial charge in [-0.1, -0.05) is 30.3 Å². The largest absolute Gasteiger partial charge is 0.416 e. The lowest BCUT2D eigenvalue weighted by Gasteiger charge is -2.42. The van der Waals surface area contributed by atoms with Crippen molar-refractivity contribution in [3.8, 4) is 0 Å². The van der Waals surface area contributed by atoms with E-state index in [1.165, 1.54) is 29.7 Å². The zero-order valence-corrected chi connectivity index (χ0v) is 14.7. The van der Waals surface area contributed by atoms with Crippen molar-refractivity contribution in [2.75, 3.05) is 31.1 Å². The van der Waals surface area contributed by atoms with Crippen LogP contribution in [0, 0.1) is 0 Å². The molecule has 1 heterocycles. The first-order valence-corrected chi connectivity index (χ1v) is 9.24. The third kappa shape index (κ3) is 3.58. The van der Waals surface area contributed by atoms with Gasteiger partial charge in [-0.2, -0.15) is 13.2 Å². The van der Waals surface area contributed by atoms with E-state index in [4.69, 9.17) is 0 Å². The Kier molecular flexibility index (Phi) is 4.65. The van der Waals surface area contributed by atoms with E-state index in [0.29, 0.717) is 11.7 Å². The summed E-state index contributed by atoms with van der Waals surface area (Å²) in [4.78, 5) is 4.59. The Morgan fingerprint density at radius 1 is 0.846 bits per heavy atom. The highest BCUT2D eigenvalue weighted by Gasteiger charge is 2.32. The van der Waals surface area contributed by atoms with E-state index < -0.39 is 11.7 Å². The van der Waals surface area contributed by atoms with Crippen molar-refractivity contribution < 1.29 is 13.2 Å². The van der Waals surface area contributed by atoms with Crippen LogP contribution in [0.25, 0.3) is 0 Å². The van der Waals surface area contributed by atoms with Gasteiger partial charge < -0.3 is 4.90 Å². The molecule has 0 N–H and O–H groups in total. The number of anilines is 1. The fraction of sp³-hybridized carbons (Fsp3) is 0.429. The molecule has 1 aliphatic carbocycles. The number of benzene rings is 2. The quantitative estimate of drug-likeness (QED) is 0.784. The highest BCUT2D eigenvalue weighted by molar-refractivity contribution is 5.49. The Morgan fingerprint density at radius 3 is 2.31 bits per heavy atom. The lowest BCUT2D eigenvalue weighted by molar-refractivity contribution is -0.137. The minimum Gasteiger partial charge on any atom is -0.369 e. The van der Waals surface area contributed by atoms with Gasteiger partial charge in [-0.05, 0) is 48.6 Å². The summed E-state index contributed by atoms with van der Waals surface area (Å²) in [7, 11) is 0. The summed E-state index contributed by atoms with van der Waals surface area (Å²) in [6.45, 7) is 3.37. The number of alkyl halides is 3. The first kappa shape index (κ1) is 17.4. The first-order chi connectivity index (χ1) is 12.5. The number of rotatable bonds is 2. The molecule has 2 aromatic carbocycles. The molecule has 1 aliphatic heterocycles. The van der Waals surface area contributed by atoms with E-state index in [1.807, 2.05) is 0 Å². The number of hydrogen-bond acceptors (Lipinski definition) is 2. The molecular weight excluding hydrogens is 337 g/mol. The Balaban J connectivity index is 1.39. The van der Waals surface area contributed by atoms with E-state index in [2.05, 4.69) is 34.1 Å². The summed E-state index contributed by atoms with van der Waals surface area (Å²) in [5.41, 5.74) is 3.02. The van der Waals surface area contributed by atoms with Gasteiger partial charge in [0.1, 0.15) is 0 Å². The van der Waals surface area contributed by atoms with Crippen LogP contribution in [0.5, 0.6) is 0 Å². The third-order valence-electron chi connectivity index (χ3n) is 5.69. The van der Waals surface area contributed by atoms with Gasteiger partial charge in [0.25, 0.3) is 0 Å². The molecule has 2 aliphatic rings. The summed E-state index contributed by atoms with van der Waals surface area (Å²) in [6.07, 6.45) is -0.914. The van der Waals surface area contributed by atoms with Crippen molar-refractivity contribution in [2.45, 2.75) is 31.5 Å². The van der Waals surface area contributed by atoms with Crippen molar-refractivity contribution in [3.63, 3.8) is 0 Å². The maximum atomic E-state index is 12.9. The number of piperazine rings is 1. The predicted molar refractivity (Wildman–Crippen MR) is 97.5 cm³/mol. The van der Waals surface area contributed by atoms with Crippen LogP contribution in [0.4, 0.5) is 18.9 Å². The maximum Gasteiger partial charge on any atom is 0.416 e. The normalized spacial score (nSPS) is 21.5. The van der Waals surface area contributed by atoms with Gasteiger partial charge in [0.2, 0.25) is 0 Å². The highest BCUT2D eigenvalue weighted by Crippen LogP contribution is 2.32. The molecule has 0 aromatic heterocycles. The van der Waals surface area contributed by atoms with Gasteiger partial charge in [0.05, 0.1) is 5.56 Å². The lowest BCUT2D eigenvalue weighted by atomic mass is 9.87. The minimum atomic E-state index is -4.28. The van der Waals surface area contributed by atoms with Crippen LogP contribution in [0.2, 0.25) is 0 Å². The fourth-order valence-electron chi connectivity index (χ4n) is 4.21. The third-order valence-corrected chi connectivity index (χ3v) is 5.69. The van der Waals surface area contributed by atoms with Crippen LogP contribution >= 0.6 is 0 Å². The topological polar surface area (TPSA) is 6.48 Å². The van der Waals surface area contributed by atoms with Crippen LogP contribution in [-0.4, -0.2) is 37.1 Å². The van der Waals surface area contributed by atoms with Gasteiger partial charge in [-0.25, -0.2) is 0 Å². The molecule has 1 fully saturated rings. The summed E-state index contributed by atoms with van der Waals surface area (Å²) in [5, 5.41) is 0. The van der Waals surface area contributed by atoms with Crippen LogP contribution in [-0.2, 0) is 19.0 Å². The van der Waals surface area contributed by atoms with Gasteiger partial charge in [-0.3, -0.25) is 4.90 Å². The maximum absolute atomic E-state index is 12.9. The second kappa shape index (κ2) is 6.95. The molecule has 0 amide bonds. The van der Waals surface area contributed by atoms with Crippen LogP contribution < -0.4 is 4.90 Å². The van der Waals surface area contributed by atoms with E-state index >= 15 is 0 Å². The Morgan fingerprint density at radius 2 is 1.58 bits per heavy atom. The van der Waals surface area contributed by atoms with Gasteiger partial charge in [0.15, 0.2) is 0 Å². The van der Waals surface area contributed by atoms with Crippen LogP contribution in [0.15, 0.2) is 48.5 Å².